The Kier molecular flexibility index (Phi) is 4.26. The minimum atomic E-state index is -0.233. The zero-order valence-electron chi connectivity index (χ0n) is 10.8. The molecule has 2 heterocycles. The number of urea groups is 1. The van der Waals surface area contributed by atoms with Crippen LogP contribution < -0.4 is 0 Å². The molecular formula is C13H24N2O2. The van der Waals surface area contributed by atoms with E-state index in [1.54, 1.807) is 0 Å². The number of amides is 2. The maximum absolute atomic E-state index is 12.3. The average molecular weight is 240 g/mol. The van der Waals surface area contributed by atoms with Gasteiger partial charge in [0, 0.05) is 26.2 Å². The van der Waals surface area contributed by atoms with E-state index < -0.39 is 0 Å². The molecule has 2 fully saturated rings. The van der Waals surface area contributed by atoms with Crippen molar-refractivity contribution in [1.82, 2.24) is 9.80 Å². The van der Waals surface area contributed by atoms with Gasteiger partial charge in [-0.15, -0.1) is 0 Å². The van der Waals surface area contributed by atoms with Crippen LogP contribution in [0.3, 0.4) is 0 Å². The fraction of sp³-hybridized carbons (Fsp3) is 0.923. The van der Waals surface area contributed by atoms with Gasteiger partial charge in [0.25, 0.3) is 0 Å². The van der Waals surface area contributed by atoms with Gasteiger partial charge in [-0.3, -0.25) is 0 Å². The Hall–Kier alpha value is -0.770. The van der Waals surface area contributed by atoms with Gasteiger partial charge in [0.1, 0.15) is 0 Å². The molecule has 0 aromatic heterocycles. The summed E-state index contributed by atoms with van der Waals surface area (Å²) in [6.45, 7) is 5.25. The minimum absolute atomic E-state index is 0.186. The van der Waals surface area contributed by atoms with Crippen LogP contribution in [0.15, 0.2) is 0 Å². The Morgan fingerprint density at radius 3 is 2.29 bits per heavy atom. The highest BCUT2D eigenvalue weighted by atomic mass is 16.3. The predicted molar refractivity (Wildman–Crippen MR) is 66.8 cm³/mol. The van der Waals surface area contributed by atoms with Gasteiger partial charge >= 0.3 is 6.03 Å². The summed E-state index contributed by atoms with van der Waals surface area (Å²) in [4.78, 5) is 16.2. The lowest BCUT2D eigenvalue weighted by Gasteiger charge is -2.37. The van der Waals surface area contributed by atoms with Crippen molar-refractivity contribution in [2.45, 2.75) is 45.1 Å². The van der Waals surface area contributed by atoms with E-state index in [1.807, 2.05) is 16.7 Å². The summed E-state index contributed by atoms with van der Waals surface area (Å²) >= 11 is 0. The molecule has 2 amide bonds. The summed E-state index contributed by atoms with van der Waals surface area (Å²) in [6.07, 6.45) is 5.26. The van der Waals surface area contributed by atoms with Gasteiger partial charge in [-0.2, -0.15) is 0 Å². The molecule has 1 N–H and O–H groups in total. The highest BCUT2D eigenvalue weighted by Gasteiger charge is 2.29. The van der Waals surface area contributed by atoms with Crippen LogP contribution >= 0.6 is 0 Å². The minimum Gasteiger partial charge on any atom is -0.393 e. The van der Waals surface area contributed by atoms with Gasteiger partial charge in [0.15, 0.2) is 0 Å². The van der Waals surface area contributed by atoms with Crippen molar-refractivity contribution in [3.8, 4) is 0 Å². The van der Waals surface area contributed by atoms with Gasteiger partial charge in [0.2, 0.25) is 0 Å². The van der Waals surface area contributed by atoms with Crippen molar-refractivity contribution < 1.29 is 9.90 Å². The second-order valence-electron chi connectivity index (χ2n) is 5.46. The normalized spacial score (nSPS) is 31.2. The van der Waals surface area contributed by atoms with Gasteiger partial charge in [-0.1, -0.05) is 19.8 Å². The molecule has 2 rings (SSSR count). The summed E-state index contributed by atoms with van der Waals surface area (Å²) in [5.74, 6) is 0.208. The van der Waals surface area contributed by atoms with Crippen LogP contribution in [0.25, 0.3) is 0 Å². The average Bonchev–Trinajstić information content (AvgIpc) is 2.60. The van der Waals surface area contributed by atoms with Crippen molar-refractivity contribution in [3.05, 3.63) is 0 Å². The van der Waals surface area contributed by atoms with Crippen molar-refractivity contribution >= 4 is 6.03 Å². The molecule has 4 heteroatoms. The number of carbonyl (C=O) groups is 1. The monoisotopic (exact) mass is 240 g/mol. The Labute approximate surface area is 104 Å². The first-order chi connectivity index (χ1) is 8.18. The highest BCUT2D eigenvalue weighted by molar-refractivity contribution is 5.74. The number of hydrogen-bond acceptors (Lipinski definition) is 2. The smallest absolute Gasteiger partial charge is 0.320 e. The second kappa shape index (κ2) is 5.71. The van der Waals surface area contributed by atoms with Crippen LogP contribution in [-0.2, 0) is 0 Å². The molecule has 2 atom stereocenters. The molecule has 2 saturated heterocycles. The van der Waals surface area contributed by atoms with Crippen LogP contribution in [0, 0.1) is 5.92 Å². The van der Waals surface area contributed by atoms with E-state index in [-0.39, 0.29) is 18.1 Å². The molecule has 0 spiro atoms. The van der Waals surface area contributed by atoms with E-state index in [2.05, 4.69) is 0 Å². The molecule has 0 radical (unpaired) electrons. The first-order valence-corrected chi connectivity index (χ1v) is 6.90. The third-order valence-corrected chi connectivity index (χ3v) is 4.01. The first kappa shape index (κ1) is 12.7. The summed E-state index contributed by atoms with van der Waals surface area (Å²) in [5.41, 5.74) is 0. The number of piperidine rings is 1. The molecule has 0 aromatic rings. The summed E-state index contributed by atoms with van der Waals surface area (Å²) in [6, 6.07) is 0.186. The van der Waals surface area contributed by atoms with Gasteiger partial charge in [-0.05, 0) is 25.2 Å². The van der Waals surface area contributed by atoms with E-state index in [1.165, 1.54) is 12.8 Å². The van der Waals surface area contributed by atoms with Crippen LogP contribution in [0.4, 0.5) is 4.79 Å². The molecule has 2 aliphatic heterocycles. The van der Waals surface area contributed by atoms with Crippen LogP contribution in [0.2, 0.25) is 0 Å². The molecule has 0 bridgehead atoms. The van der Waals surface area contributed by atoms with E-state index in [0.29, 0.717) is 13.1 Å². The quantitative estimate of drug-likeness (QED) is 0.700. The Balaban J connectivity index is 1.90. The summed E-state index contributed by atoms with van der Waals surface area (Å²) in [5, 5.41) is 9.68. The second-order valence-corrected chi connectivity index (χ2v) is 5.46. The fourth-order valence-corrected chi connectivity index (χ4v) is 2.77. The highest BCUT2D eigenvalue weighted by Crippen LogP contribution is 2.19. The Morgan fingerprint density at radius 1 is 1.06 bits per heavy atom. The van der Waals surface area contributed by atoms with Gasteiger partial charge < -0.3 is 14.9 Å². The summed E-state index contributed by atoms with van der Waals surface area (Å²) in [7, 11) is 0. The number of likely N-dealkylation sites (tertiary alicyclic amines) is 2. The third-order valence-electron chi connectivity index (χ3n) is 4.01. The fourth-order valence-electron chi connectivity index (χ4n) is 2.77. The SMILES string of the molecule is CC1CN(C(=O)N2CCCCCC2)CCC1O. The molecular weight excluding hydrogens is 216 g/mol. The molecule has 98 valence electrons. The lowest BCUT2D eigenvalue weighted by atomic mass is 9.97. The van der Waals surface area contributed by atoms with Crippen molar-refractivity contribution in [2.24, 2.45) is 5.92 Å². The molecule has 17 heavy (non-hydrogen) atoms. The lowest BCUT2D eigenvalue weighted by Crippen LogP contribution is -2.50. The molecule has 0 aliphatic carbocycles. The largest absolute Gasteiger partial charge is 0.393 e. The predicted octanol–water partition coefficient (Wildman–Crippen LogP) is 1.69. The molecule has 0 saturated carbocycles. The Morgan fingerprint density at radius 2 is 1.71 bits per heavy atom. The first-order valence-electron chi connectivity index (χ1n) is 6.90. The lowest BCUT2D eigenvalue weighted by molar-refractivity contribution is 0.0405. The number of aliphatic hydroxyl groups is 1. The molecule has 0 aromatic carbocycles. The van der Waals surface area contributed by atoms with Crippen LogP contribution in [-0.4, -0.2) is 53.2 Å². The van der Waals surface area contributed by atoms with Crippen molar-refractivity contribution in [2.75, 3.05) is 26.2 Å². The van der Waals surface area contributed by atoms with Crippen LogP contribution in [0.1, 0.15) is 39.0 Å². The van der Waals surface area contributed by atoms with E-state index in [4.69, 9.17) is 0 Å². The summed E-state index contributed by atoms with van der Waals surface area (Å²) < 4.78 is 0. The van der Waals surface area contributed by atoms with Crippen molar-refractivity contribution in [1.29, 1.82) is 0 Å². The Bertz CT molecular complexity index is 262. The van der Waals surface area contributed by atoms with E-state index in [0.717, 1.165) is 32.4 Å². The number of nitrogens with zero attached hydrogens (tertiary/aromatic N) is 2. The van der Waals surface area contributed by atoms with Crippen LogP contribution in [0.5, 0.6) is 0 Å². The molecule has 2 unspecified atom stereocenters. The van der Waals surface area contributed by atoms with E-state index >= 15 is 0 Å². The van der Waals surface area contributed by atoms with Gasteiger partial charge in [-0.25, -0.2) is 4.79 Å². The number of carbonyl (C=O) groups excluding carboxylic acids is 1. The van der Waals surface area contributed by atoms with Gasteiger partial charge in [0.05, 0.1) is 6.10 Å². The standard InChI is InChI=1S/C13H24N2O2/c1-11-10-15(9-6-12(11)16)13(17)14-7-4-2-3-5-8-14/h11-12,16H,2-10H2,1H3. The van der Waals surface area contributed by atoms with E-state index in [9.17, 15) is 9.90 Å². The molecule has 4 nitrogen and oxygen atoms in total. The number of aliphatic hydroxyl groups excluding tert-OH is 1. The number of rotatable bonds is 0. The van der Waals surface area contributed by atoms with Crippen molar-refractivity contribution in [3.63, 3.8) is 0 Å². The molecule has 2 aliphatic rings. The zero-order valence-corrected chi connectivity index (χ0v) is 10.8. The topological polar surface area (TPSA) is 43.8 Å². The maximum Gasteiger partial charge on any atom is 0.320 e. The number of hydrogen-bond donors (Lipinski definition) is 1. The zero-order chi connectivity index (χ0) is 12.3. The maximum atomic E-state index is 12.3. The third kappa shape index (κ3) is 3.12.